The maximum absolute atomic E-state index is 15.1. The van der Waals surface area contributed by atoms with Gasteiger partial charge < -0.3 is 33.3 Å². The van der Waals surface area contributed by atoms with E-state index in [0.29, 0.717) is 52.7 Å². The van der Waals surface area contributed by atoms with Gasteiger partial charge in [-0.3, -0.25) is 14.5 Å². The van der Waals surface area contributed by atoms with Crippen LogP contribution in [0.2, 0.25) is 0 Å². The average Bonchev–Trinajstić information content (AvgIpc) is 3.05. The molecule has 244 valence electrons. The molecule has 3 aliphatic heterocycles. The van der Waals surface area contributed by atoms with Crippen molar-refractivity contribution in [2.45, 2.75) is 58.0 Å². The number of ether oxygens (including phenoxy) is 6. The van der Waals surface area contributed by atoms with Crippen LogP contribution in [0.1, 0.15) is 61.4 Å². The first-order chi connectivity index (χ1) is 22.2. The van der Waals surface area contributed by atoms with Crippen LogP contribution in [-0.2, 0) is 22.6 Å². The molecule has 0 aromatic heterocycles. The second kappa shape index (κ2) is 12.1. The summed E-state index contributed by atoms with van der Waals surface area (Å²) >= 11 is 0. The molecule has 10 heteroatoms. The Labute approximate surface area is 270 Å². The van der Waals surface area contributed by atoms with E-state index in [2.05, 4.69) is 0 Å². The van der Waals surface area contributed by atoms with Gasteiger partial charge in [-0.25, -0.2) is 0 Å². The van der Waals surface area contributed by atoms with Gasteiger partial charge in [-0.05, 0) is 44.5 Å². The monoisotopic (exact) mass is 630 g/mol. The molecule has 46 heavy (non-hydrogen) atoms. The molecule has 3 aromatic carbocycles. The highest BCUT2D eigenvalue weighted by Crippen LogP contribution is 2.57. The Kier molecular flexibility index (Phi) is 8.37. The van der Waals surface area contributed by atoms with Crippen molar-refractivity contribution in [3.8, 4) is 28.7 Å². The largest absolute Gasteiger partial charge is 0.496 e. The summed E-state index contributed by atoms with van der Waals surface area (Å²) < 4.78 is 36.1. The molecule has 0 aliphatic carbocycles. The van der Waals surface area contributed by atoms with Gasteiger partial charge in [0.2, 0.25) is 5.91 Å². The molecule has 0 spiro atoms. The topological polar surface area (TPSA) is 96.0 Å². The fourth-order valence-electron chi connectivity index (χ4n) is 7.94. The van der Waals surface area contributed by atoms with Gasteiger partial charge >= 0.3 is 0 Å². The summed E-state index contributed by atoms with van der Waals surface area (Å²) in [6.07, 6.45) is 0.404. The number of likely N-dealkylation sites (N-methyl/N-ethyl adjacent to an activating group) is 1. The van der Waals surface area contributed by atoms with Gasteiger partial charge in [0.15, 0.2) is 17.3 Å². The van der Waals surface area contributed by atoms with Gasteiger partial charge in [0.05, 0.1) is 72.5 Å². The number of carbonyl (C=O) groups excluding carboxylic acids is 2. The lowest BCUT2D eigenvalue weighted by Gasteiger charge is -2.56. The van der Waals surface area contributed by atoms with Gasteiger partial charge in [-0.2, -0.15) is 0 Å². The highest BCUT2D eigenvalue weighted by atomic mass is 16.5. The minimum Gasteiger partial charge on any atom is -0.496 e. The van der Waals surface area contributed by atoms with Crippen molar-refractivity contribution in [1.82, 2.24) is 9.80 Å². The van der Waals surface area contributed by atoms with E-state index < -0.39 is 24.2 Å². The summed E-state index contributed by atoms with van der Waals surface area (Å²) in [6.45, 7) is 6.28. The van der Waals surface area contributed by atoms with Gasteiger partial charge in [-0.15, -0.1) is 0 Å². The van der Waals surface area contributed by atoms with E-state index in [4.69, 9.17) is 28.4 Å². The van der Waals surface area contributed by atoms with Crippen molar-refractivity contribution >= 4 is 11.7 Å². The third-order valence-corrected chi connectivity index (χ3v) is 10.1. The SMILES string of the molecule is COc1c(C)c(C)c(OC)c2c1C[C@H]1C(=O)N3[C@@H](COCc4ccccc4)c4c(OC)c(OC)c(C)c(OC)c4C(=O)[C@H]3[C@@H]2N1C. The molecule has 0 radical (unpaired) electrons. The molecule has 4 atom stereocenters. The lowest BCUT2D eigenvalue weighted by atomic mass is 9.72. The molecule has 0 N–H and O–H groups in total. The number of carbonyl (C=O) groups is 2. The number of fused-ring (bicyclic) bond motifs is 7. The minimum atomic E-state index is -0.905. The molecule has 3 aromatic rings. The van der Waals surface area contributed by atoms with E-state index in [1.54, 1.807) is 40.4 Å². The van der Waals surface area contributed by atoms with Crippen LogP contribution in [0.3, 0.4) is 0 Å². The van der Waals surface area contributed by atoms with Crippen molar-refractivity contribution in [3.63, 3.8) is 0 Å². The molecule has 0 saturated carbocycles. The summed E-state index contributed by atoms with van der Waals surface area (Å²) in [5.41, 5.74) is 6.16. The van der Waals surface area contributed by atoms with Crippen LogP contribution in [0.25, 0.3) is 0 Å². The van der Waals surface area contributed by atoms with E-state index in [1.165, 1.54) is 0 Å². The molecule has 3 heterocycles. The van der Waals surface area contributed by atoms with Crippen LogP contribution in [0, 0.1) is 20.8 Å². The van der Waals surface area contributed by atoms with Crippen molar-refractivity contribution in [2.24, 2.45) is 0 Å². The van der Waals surface area contributed by atoms with Gasteiger partial charge in [-0.1, -0.05) is 30.3 Å². The van der Waals surface area contributed by atoms with Gasteiger partial charge in [0, 0.05) is 28.7 Å². The molecular formula is C36H42N2O8. The number of ketones is 1. The van der Waals surface area contributed by atoms with Gasteiger partial charge in [0.25, 0.3) is 0 Å². The van der Waals surface area contributed by atoms with Crippen LogP contribution < -0.4 is 23.7 Å². The van der Waals surface area contributed by atoms with E-state index in [9.17, 15) is 4.79 Å². The highest BCUT2D eigenvalue weighted by molar-refractivity contribution is 6.10. The molecule has 3 aliphatic rings. The van der Waals surface area contributed by atoms with Crippen LogP contribution >= 0.6 is 0 Å². The molecule has 10 nitrogen and oxygen atoms in total. The Morgan fingerprint density at radius 1 is 0.717 bits per heavy atom. The number of nitrogens with zero attached hydrogens (tertiary/aromatic N) is 2. The van der Waals surface area contributed by atoms with E-state index in [0.717, 1.165) is 33.6 Å². The summed E-state index contributed by atoms with van der Waals surface area (Å²) in [5, 5.41) is 0. The normalized spacial score (nSPS) is 21.7. The predicted molar refractivity (Wildman–Crippen MR) is 172 cm³/mol. The molecular weight excluding hydrogens is 588 g/mol. The Bertz CT molecular complexity index is 1700. The maximum atomic E-state index is 15.1. The number of methoxy groups -OCH3 is 5. The number of piperazine rings is 1. The molecule has 0 unspecified atom stereocenters. The number of benzene rings is 3. The summed E-state index contributed by atoms with van der Waals surface area (Å²) in [7, 11) is 9.84. The number of hydrogen-bond donors (Lipinski definition) is 0. The number of rotatable bonds is 9. The molecule has 1 saturated heterocycles. The standard InChI is InChI=1S/C36H42N2O8/c1-18-19(2)32(42-6)25-22(31(18)41-5)15-23-36(40)38-24(17-46-16-21-13-11-10-12-14-21)26-27(30(39)29(38)28(25)37(23)4)33(43-7)20(3)34(44-8)35(26)45-9/h10-14,23-24,28-29H,15-17H2,1-9H3/t23-,24-,28+,29+/m0/s1. The van der Waals surface area contributed by atoms with E-state index in [-0.39, 0.29) is 18.3 Å². The lowest BCUT2D eigenvalue weighted by Crippen LogP contribution is -2.68. The Morgan fingerprint density at radius 2 is 1.33 bits per heavy atom. The second-order valence-corrected chi connectivity index (χ2v) is 12.1. The third-order valence-electron chi connectivity index (χ3n) is 10.1. The van der Waals surface area contributed by atoms with Crippen molar-refractivity contribution < 1.29 is 38.0 Å². The molecule has 1 amide bonds. The first-order valence-corrected chi connectivity index (χ1v) is 15.4. The van der Waals surface area contributed by atoms with Gasteiger partial charge in [0.1, 0.15) is 23.3 Å². The number of Topliss-reactive ketones (excluding diaryl/α,β-unsaturated/α-hetero) is 1. The Balaban J connectivity index is 1.61. The van der Waals surface area contributed by atoms with Crippen molar-refractivity contribution in [1.29, 1.82) is 0 Å². The van der Waals surface area contributed by atoms with Crippen molar-refractivity contribution in [2.75, 3.05) is 49.2 Å². The highest BCUT2D eigenvalue weighted by Gasteiger charge is 2.59. The van der Waals surface area contributed by atoms with Crippen LogP contribution in [0.4, 0.5) is 0 Å². The summed E-state index contributed by atoms with van der Waals surface area (Å²) in [5.74, 6) is 2.24. The third kappa shape index (κ3) is 4.45. The van der Waals surface area contributed by atoms with E-state index in [1.807, 2.05) is 63.1 Å². The quantitative estimate of drug-likeness (QED) is 0.327. The van der Waals surface area contributed by atoms with E-state index >= 15 is 4.79 Å². The smallest absolute Gasteiger partial charge is 0.241 e. The zero-order chi connectivity index (χ0) is 33.0. The zero-order valence-corrected chi connectivity index (χ0v) is 28.0. The molecule has 1 fully saturated rings. The van der Waals surface area contributed by atoms with Crippen LogP contribution in [-0.4, -0.2) is 82.8 Å². The number of amides is 1. The minimum absolute atomic E-state index is 0.118. The Morgan fingerprint density at radius 3 is 1.93 bits per heavy atom. The Hall–Kier alpha value is -4.28. The predicted octanol–water partition coefficient (Wildman–Crippen LogP) is 4.92. The molecule has 2 bridgehead atoms. The number of hydrogen-bond acceptors (Lipinski definition) is 9. The summed E-state index contributed by atoms with van der Waals surface area (Å²) in [4.78, 5) is 33.6. The second-order valence-electron chi connectivity index (χ2n) is 12.1. The van der Waals surface area contributed by atoms with Crippen molar-refractivity contribution in [3.05, 3.63) is 74.8 Å². The fraction of sp³-hybridized carbons (Fsp3) is 0.444. The summed E-state index contributed by atoms with van der Waals surface area (Å²) in [6, 6.07) is 7.20. The fourth-order valence-corrected chi connectivity index (χ4v) is 7.94. The molecule has 6 rings (SSSR count). The average molecular weight is 631 g/mol. The van der Waals surface area contributed by atoms with Crippen LogP contribution in [0.5, 0.6) is 28.7 Å². The lowest BCUT2D eigenvalue weighted by molar-refractivity contribution is -0.156. The first-order valence-electron chi connectivity index (χ1n) is 15.4. The zero-order valence-electron chi connectivity index (χ0n) is 28.0. The maximum Gasteiger partial charge on any atom is 0.241 e. The first kappa shape index (κ1) is 31.7. The van der Waals surface area contributed by atoms with Crippen LogP contribution in [0.15, 0.2) is 30.3 Å².